The van der Waals surface area contributed by atoms with Crippen molar-refractivity contribution in [3.05, 3.63) is 74.9 Å². The first-order valence-electron chi connectivity index (χ1n) is 6.74. The second-order valence-electron chi connectivity index (χ2n) is 4.85. The minimum absolute atomic E-state index is 0.0699. The van der Waals surface area contributed by atoms with Crippen LogP contribution in [-0.2, 0) is 4.79 Å². The number of non-ortho nitro benzene ring substituents is 1. The second kappa shape index (κ2) is 6.50. The molecule has 1 saturated heterocycles. The van der Waals surface area contributed by atoms with Gasteiger partial charge in [-0.25, -0.2) is 4.39 Å². The summed E-state index contributed by atoms with van der Waals surface area (Å²) >= 11 is 6.32. The summed E-state index contributed by atoms with van der Waals surface area (Å²) in [5, 5.41) is 10.7. The SMILES string of the molecule is O=C1/C(=C/c2cccc(F)c2)SC(=S)N1c1ccc([N+](=O)[O-])cc1. The lowest BCUT2D eigenvalue weighted by molar-refractivity contribution is -0.384. The van der Waals surface area contributed by atoms with Crippen LogP contribution in [0.3, 0.4) is 0 Å². The molecule has 0 N–H and O–H groups in total. The topological polar surface area (TPSA) is 63.5 Å². The summed E-state index contributed by atoms with van der Waals surface area (Å²) in [5.41, 5.74) is 0.935. The maximum absolute atomic E-state index is 13.2. The molecule has 0 saturated carbocycles. The molecule has 2 aromatic carbocycles. The van der Waals surface area contributed by atoms with Crippen molar-refractivity contribution in [1.82, 2.24) is 0 Å². The van der Waals surface area contributed by atoms with Crippen molar-refractivity contribution in [3.63, 3.8) is 0 Å². The smallest absolute Gasteiger partial charge is 0.268 e. The fourth-order valence-electron chi connectivity index (χ4n) is 2.16. The van der Waals surface area contributed by atoms with Crippen molar-refractivity contribution >= 4 is 51.7 Å². The zero-order valence-electron chi connectivity index (χ0n) is 12.0. The van der Waals surface area contributed by atoms with Gasteiger partial charge in [0.25, 0.3) is 11.6 Å². The zero-order chi connectivity index (χ0) is 17.3. The Bertz CT molecular complexity index is 881. The third kappa shape index (κ3) is 3.19. The molecular weight excluding hydrogens is 351 g/mol. The minimum Gasteiger partial charge on any atom is -0.268 e. The highest BCUT2D eigenvalue weighted by molar-refractivity contribution is 8.27. The number of amides is 1. The highest BCUT2D eigenvalue weighted by Crippen LogP contribution is 2.36. The van der Waals surface area contributed by atoms with Crippen molar-refractivity contribution in [3.8, 4) is 0 Å². The van der Waals surface area contributed by atoms with Crippen LogP contribution in [0.15, 0.2) is 53.4 Å². The predicted octanol–water partition coefficient (Wildman–Crippen LogP) is 4.14. The third-order valence-corrected chi connectivity index (χ3v) is 4.56. The van der Waals surface area contributed by atoms with Gasteiger partial charge in [0, 0.05) is 12.1 Å². The van der Waals surface area contributed by atoms with Crippen LogP contribution in [0.4, 0.5) is 15.8 Å². The minimum atomic E-state index is -0.516. The molecule has 2 aromatic rings. The van der Waals surface area contributed by atoms with Gasteiger partial charge >= 0.3 is 0 Å². The van der Waals surface area contributed by atoms with Gasteiger partial charge in [-0.1, -0.05) is 36.1 Å². The van der Waals surface area contributed by atoms with Crippen LogP contribution in [0.1, 0.15) is 5.56 Å². The molecule has 120 valence electrons. The number of nitro benzene ring substituents is 1. The molecule has 0 radical (unpaired) electrons. The normalized spacial score (nSPS) is 16.0. The Morgan fingerprint density at radius 3 is 2.54 bits per heavy atom. The van der Waals surface area contributed by atoms with E-state index in [9.17, 15) is 19.3 Å². The fraction of sp³-hybridized carbons (Fsp3) is 0. The fourth-order valence-corrected chi connectivity index (χ4v) is 3.46. The van der Waals surface area contributed by atoms with E-state index in [-0.39, 0.29) is 11.6 Å². The van der Waals surface area contributed by atoms with Crippen molar-refractivity contribution in [2.24, 2.45) is 0 Å². The van der Waals surface area contributed by atoms with Crippen molar-refractivity contribution in [1.29, 1.82) is 0 Å². The van der Waals surface area contributed by atoms with E-state index in [0.717, 1.165) is 11.8 Å². The van der Waals surface area contributed by atoms with Crippen LogP contribution >= 0.6 is 24.0 Å². The maximum Gasteiger partial charge on any atom is 0.270 e. The number of carbonyl (C=O) groups excluding carboxylic acids is 1. The van der Waals surface area contributed by atoms with Crippen molar-refractivity contribution < 1.29 is 14.1 Å². The summed E-state index contributed by atoms with van der Waals surface area (Å²) in [6.45, 7) is 0. The summed E-state index contributed by atoms with van der Waals surface area (Å²) < 4.78 is 13.6. The largest absolute Gasteiger partial charge is 0.270 e. The number of nitrogens with zero attached hydrogens (tertiary/aromatic N) is 2. The van der Waals surface area contributed by atoms with Gasteiger partial charge in [-0.2, -0.15) is 0 Å². The number of benzene rings is 2. The Morgan fingerprint density at radius 2 is 1.92 bits per heavy atom. The van der Waals surface area contributed by atoms with Gasteiger partial charge in [-0.3, -0.25) is 19.8 Å². The highest BCUT2D eigenvalue weighted by Gasteiger charge is 2.33. The third-order valence-electron chi connectivity index (χ3n) is 3.26. The molecule has 24 heavy (non-hydrogen) atoms. The number of halogens is 1. The predicted molar refractivity (Wildman–Crippen MR) is 95.1 cm³/mol. The molecule has 1 aliphatic rings. The summed E-state index contributed by atoms with van der Waals surface area (Å²) in [6.07, 6.45) is 1.56. The van der Waals surface area contributed by atoms with Gasteiger partial charge in [0.1, 0.15) is 5.82 Å². The molecule has 8 heteroatoms. The lowest BCUT2D eigenvalue weighted by Gasteiger charge is -2.13. The van der Waals surface area contributed by atoms with E-state index in [0.29, 0.717) is 20.5 Å². The molecule has 1 aliphatic heterocycles. The van der Waals surface area contributed by atoms with E-state index in [1.165, 1.54) is 41.3 Å². The molecule has 3 rings (SSSR count). The van der Waals surface area contributed by atoms with Gasteiger partial charge in [-0.15, -0.1) is 0 Å². The lowest BCUT2D eigenvalue weighted by Crippen LogP contribution is -2.27. The number of nitro groups is 1. The molecule has 0 atom stereocenters. The molecule has 0 unspecified atom stereocenters. The molecule has 0 aromatic heterocycles. The summed E-state index contributed by atoms with van der Waals surface area (Å²) in [4.78, 5) is 24.4. The van der Waals surface area contributed by atoms with Crippen LogP contribution < -0.4 is 4.90 Å². The van der Waals surface area contributed by atoms with Gasteiger partial charge < -0.3 is 0 Å². The lowest BCUT2D eigenvalue weighted by atomic mass is 10.2. The molecule has 1 heterocycles. The zero-order valence-corrected chi connectivity index (χ0v) is 13.6. The average Bonchev–Trinajstić information content (AvgIpc) is 2.81. The number of carbonyl (C=O) groups is 1. The second-order valence-corrected chi connectivity index (χ2v) is 6.52. The van der Waals surface area contributed by atoms with Crippen LogP contribution in [0, 0.1) is 15.9 Å². The molecule has 0 spiro atoms. The molecule has 0 bridgehead atoms. The molecule has 0 aliphatic carbocycles. The van der Waals surface area contributed by atoms with Crippen molar-refractivity contribution in [2.75, 3.05) is 4.90 Å². The maximum atomic E-state index is 13.2. The van der Waals surface area contributed by atoms with E-state index in [2.05, 4.69) is 0 Å². The van der Waals surface area contributed by atoms with Gasteiger partial charge in [-0.05, 0) is 35.9 Å². The first kappa shape index (κ1) is 16.3. The van der Waals surface area contributed by atoms with Crippen LogP contribution in [0.2, 0.25) is 0 Å². The highest BCUT2D eigenvalue weighted by atomic mass is 32.2. The van der Waals surface area contributed by atoms with E-state index < -0.39 is 10.7 Å². The van der Waals surface area contributed by atoms with E-state index in [1.54, 1.807) is 18.2 Å². The monoisotopic (exact) mass is 360 g/mol. The Balaban J connectivity index is 1.90. The first-order valence-corrected chi connectivity index (χ1v) is 7.96. The molecule has 1 amide bonds. The Labute approximate surface area is 145 Å². The number of hydrogen-bond acceptors (Lipinski definition) is 5. The average molecular weight is 360 g/mol. The van der Waals surface area contributed by atoms with Crippen LogP contribution in [0.5, 0.6) is 0 Å². The summed E-state index contributed by atoms with van der Waals surface area (Å²) in [7, 11) is 0. The molecular formula is C16H9FN2O3S2. The number of thioether (sulfide) groups is 1. The standard InChI is InChI=1S/C16H9FN2O3S2/c17-11-3-1-2-10(8-11)9-14-15(20)18(16(23)24-14)12-4-6-13(7-5-12)19(21)22/h1-9H/b14-9-. The number of thiocarbonyl (C=S) groups is 1. The van der Waals surface area contributed by atoms with E-state index in [1.807, 2.05) is 0 Å². The van der Waals surface area contributed by atoms with E-state index >= 15 is 0 Å². The summed E-state index contributed by atoms with van der Waals surface area (Å²) in [6, 6.07) is 11.4. The number of anilines is 1. The van der Waals surface area contributed by atoms with Gasteiger partial charge in [0.15, 0.2) is 4.32 Å². The number of rotatable bonds is 3. The number of hydrogen-bond donors (Lipinski definition) is 0. The van der Waals surface area contributed by atoms with Gasteiger partial charge in [0.05, 0.1) is 15.5 Å². The Kier molecular flexibility index (Phi) is 4.41. The molecule has 1 fully saturated rings. The first-order chi connectivity index (χ1) is 11.5. The Hall–Kier alpha value is -2.58. The van der Waals surface area contributed by atoms with Gasteiger partial charge in [0.2, 0.25) is 0 Å². The quantitative estimate of drug-likeness (QED) is 0.356. The van der Waals surface area contributed by atoms with Crippen LogP contribution in [-0.4, -0.2) is 15.2 Å². The van der Waals surface area contributed by atoms with Crippen LogP contribution in [0.25, 0.3) is 6.08 Å². The molecule has 5 nitrogen and oxygen atoms in total. The van der Waals surface area contributed by atoms with Crippen molar-refractivity contribution in [2.45, 2.75) is 0 Å². The van der Waals surface area contributed by atoms with E-state index in [4.69, 9.17) is 12.2 Å². The Morgan fingerprint density at radius 1 is 1.21 bits per heavy atom. The summed E-state index contributed by atoms with van der Waals surface area (Å²) in [5.74, 6) is -0.738.